The van der Waals surface area contributed by atoms with E-state index in [0.717, 1.165) is 18.5 Å². The minimum absolute atomic E-state index is 0.123. The topological polar surface area (TPSA) is 100 Å². The van der Waals surface area contributed by atoms with Crippen molar-refractivity contribution in [3.8, 4) is 0 Å². The molecule has 0 spiro atoms. The van der Waals surface area contributed by atoms with Crippen LogP contribution >= 0.6 is 11.3 Å². The van der Waals surface area contributed by atoms with E-state index in [0.29, 0.717) is 55.1 Å². The van der Waals surface area contributed by atoms with Gasteiger partial charge in [-0.25, -0.2) is 9.97 Å². The second kappa shape index (κ2) is 8.40. The molecule has 0 radical (unpaired) electrons. The molecule has 8 nitrogen and oxygen atoms in total. The average Bonchev–Trinajstić information content (AvgIpc) is 3.10. The van der Waals surface area contributed by atoms with Gasteiger partial charge in [-0.1, -0.05) is 0 Å². The molecule has 1 fully saturated rings. The molecule has 1 saturated heterocycles. The van der Waals surface area contributed by atoms with Crippen LogP contribution in [-0.4, -0.2) is 47.2 Å². The van der Waals surface area contributed by atoms with Crippen molar-refractivity contribution >= 4 is 28.3 Å². The van der Waals surface area contributed by atoms with Gasteiger partial charge in [0, 0.05) is 35.6 Å². The molecule has 0 saturated carbocycles. The maximum atomic E-state index is 12.5. The maximum absolute atomic E-state index is 12.5. The molecule has 1 aliphatic carbocycles. The number of aryl methyl sites for hydroxylation is 3. The average molecular weight is 404 g/mol. The predicted molar refractivity (Wildman–Crippen MR) is 108 cm³/mol. The van der Waals surface area contributed by atoms with Gasteiger partial charge < -0.3 is 15.0 Å². The number of nitrogens with one attached hydrogen (secondary N) is 2. The first-order valence-electron chi connectivity index (χ1n) is 9.81. The molecular weight excluding hydrogens is 378 g/mol. The Bertz CT molecular complexity index is 893. The number of ether oxygens (including phenoxy) is 1. The van der Waals surface area contributed by atoms with E-state index in [9.17, 15) is 9.59 Å². The van der Waals surface area contributed by atoms with E-state index in [1.54, 1.807) is 11.3 Å². The van der Waals surface area contributed by atoms with Crippen LogP contribution in [0.3, 0.4) is 0 Å². The maximum Gasteiger partial charge on any atom is 0.255 e. The molecule has 0 aromatic carbocycles. The first kappa shape index (κ1) is 19.1. The molecule has 0 atom stereocenters. The zero-order valence-corrected chi connectivity index (χ0v) is 16.9. The number of amides is 1. The molecule has 2 N–H and O–H groups in total. The van der Waals surface area contributed by atoms with E-state index in [-0.39, 0.29) is 17.9 Å². The van der Waals surface area contributed by atoms with Gasteiger partial charge in [-0.3, -0.25) is 14.6 Å². The Labute approximate surface area is 167 Å². The van der Waals surface area contributed by atoms with Crippen molar-refractivity contribution in [2.24, 2.45) is 0 Å². The summed E-state index contributed by atoms with van der Waals surface area (Å²) in [6, 6.07) is 0. The molecule has 2 aromatic heterocycles. The Morgan fingerprint density at radius 1 is 1.25 bits per heavy atom. The van der Waals surface area contributed by atoms with E-state index in [2.05, 4.69) is 20.3 Å². The summed E-state index contributed by atoms with van der Waals surface area (Å²) in [5.41, 5.74) is 2.18. The number of morpholine rings is 1. The number of nitrogens with zero attached hydrogens (tertiary/aromatic N) is 3. The first-order chi connectivity index (χ1) is 13.6. The van der Waals surface area contributed by atoms with Crippen LogP contribution in [0, 0.1) is 6.92 Å². The van der Waals surface area contributed by atoms with Crippen LogP contribution < -0.4 is 15.8 Å². The van der Waals surface area contributed by atoms with Gasteiger partial charge in [0.25, 0.3) is 5.56 Å². The van der Waals surface area contributed by atoms with E-state index < -0.39 is 0 Å². The highest BCUT2D eigenvalue weighted by Crippen LogP contribution is 2.29. The molecule has 2 aliphatic rings. The molecule has 28 heavy (non-hydrogen) atoms. The van der Waals surface area contributed by atoms with Crippen molar-refractivity contribution in [2.45, 2.75) is 45.4 Å². The number of carbonyl (C=O) groups is 1. The van der Waals surface area contributed by atoms with Crippen LogP contribution in [0.2, 0.25) is 0 Å². The van der Waals surface area contributed by atoms with Gasteiger partial charge >= 0.3 is 0 Å². The van der Waals surface area contributed by atoms with Crippen molar-refractivity contribution in [3.63, 3.8) is 0 Å². The largest absolute Gasteiger partial charge is 0.378 e. The van der Waals surface area contributed by atoms with Crippen LogP contribution in [0.4, 0.5) is 11.1 Å². The number of aromatic nitrogens is 3. The van der Waals surface area contributed by atoms with Crippen molar-refractivity contribution < 1.29 is 9.53 Å². The molecule has 0 unspecified atom stereocenters. The summed E-state index contributed by atoms with van der Waals surface area (Å²) >= 11 is 1.57. The zero-order chi connectivity index (χ0) is 19.5. The summed E-state index contributed by atoms with van der Waals surface area (Å²) < 4.78 is 5.34. The van der Waals surface area contributed by atoms with E-state index >= 15 is 0 Å². The lowest BCUT2D eigenvalue weighted by Crippen LogP contribution is -2.38. The fourth-order valence-corrected chi connectivity index (χ4v) is 4.71. The third kappa shape index (κ3) is 4.25. The van der Waals surface area contributed by atoms with Gasteiger partial charge in [-0.15, -0.1) is 11.3 Å². The van der Waals surface area contributed by atoms with Crippen molar-refractivity contribution in [1.29, 1.82) is 0 Å². The SMILES string of the molecule is Cc1nc(N2CCOCC2)[nH]c(=O)c1CCC(=O)Nc1nc2c(s1)CCCC2. The van der Waals surface area contributed by atoms with Crippen LogP contribution in [0.1, 0.15) is 41.1 Å². The predicted octanol–water partition coefficient (Wildman–Crippen LogP) is 1.82. The number of aromatic amines is 1. The number of fused-ring (bicyclic) bond motifs is 1. The monoisotopic (exact) mass is 403 g/mol. The smallest absolute Gasteiger partial charge is 0.255 e. The first-order valence-corrected chi connectivity index (χ1v) is 10.6. The molecule has 1 aliphatic heterocycles. The second-order valence-corrected chi connectivity index (χ2v) is 8.28. The molecule has 0 bridgehead atoms. The summed E-state index contributed by atoms with van der Waals surface area (Å²) in [7, 11) is 0. The van der Waals surface area contributed by atoms with Gasteiger partial charge in [0.2, 0.25) is 11.9 Å². The van der Waals surface area contributed by atoms with Gasteiger partial charge in [0.1, 0.15) is 0 Å². The highest BCUT2D eigenvalue weighted by molar-refractivity contribution is 7.15. The molecule has 150 valence electrons. The molecule has 9 heteroatoms. The normalized spacial score (nSPS) is 16.7. The number of hydrogen-bond acceptors (Lipinski definition) is 7. The lowest BCUT2D eigenvalue weighted by molar-refractivity contribution is -0.116. The molecule has 2 aromatic rings. The van der Waals surface area contributed by atoms with E-state index in [1.165, 1.54) is 17.7 Å². The fraction of sp³-hybridized carbons (Fsp3) is 0.579. The molecular formula is C19H25N5O3S. The highest BCUT2D eigenvalue weighted by Gasteiger charge is 2.18. The lowest BCUT2D eigenvalue weighted by atomic mass is 10.0. The van der Waals surface area contributed by atoms with Crippen LogP contribution in [-0.2, 0) is 28.8 Å². The third-order valence-electron chi connectivity index (χ3n) is 5.21. The fourth-order valence-electron chi connectivity index (χ4n) is 3.64. The van der Waals surface area contributed by atoms with Crippen LogP contribution in [0.25, 0.3) is 0 Å². The summed E-state index contributed by atoms with van der Waals surface area (Å²) in [5.74, 6) is 0.453. The third-order valence-corrected chi connectivity index (χ3v) is 6.29. The molecule has 1 amide bonds. The number of hydrogen-bond donors (Lipinski definition) is 2. The Balaban J connectivity index is 1.38. The summed E-state index contributed by atoms with van der Waals surface area (Å²) in [5, 5.41) is 3.55. The summed E-state index contributed by atoms with van der Waals surface area (Å²) in [6.07, 6.45) is 5.00. The number of anilines is 2. The van der Waals surface area contributed by atoms with Crippen LogP contribution in [0.5, 0.6) is 0 Å². The minimum Gasteiger partial charge on any atom is -0.378 e. The number of H-pyrrole nitrogens is 1. The standard InChI is InChI=1S/C19H25N5O3S/c1-12-13(17(26)23-18(20-12)24-8-10-27-11-9-24)6-7-16(25)22-19-21-14-4-2-3-5-15(14)28-19/h2-11H2,1H3,(H,20,23,26)(H,21,22,25). The minimum atomic E-state index is -0.175. The Hall–Kier alpha value is -2.26. The van der Waals surface area contributed by atoms with Gasteiger partial charge in [0.15, 0.2) is 5.13 Å². The molecule has 3 heterocycles. The number of carbonyl (C=O) groups excluding carboxylic acids is 1. The quantitative estimate of drug-likeness (QED) is 0.790. The number of thiazole rings is 1. The summed E-state index contributed by atoms with van der Waals surface area (Å²) in [4.78, 5) is 40.1. The van der Waals surface area contributed by atoms with Gasteiger partial charge in [-0.05, 0) is 39.0 Å². The number of rotatable bonds is 5. The highest BCUT2D eigenvalue weighted by atomic mass is 32.1. The Morgan fingerprint density at radius 2 is 2.04 bits per heavy atom. The molecule has 4 rings (SSSR count). The van der Waals surface area contributed by atoms with E-state index in [4.69, 9.17) is 4.74 Å². The Morgan fingerprint density at radius 3 is 2.79 bits per heavy atom. The summed E-state index contributed by atoms with van der Waals surface area (Å²) in [6.45, 7) is 4.50. The van der Waals surface area contributed by atoms with Crippen molar-refractivity contribution in [3.05, 3.63) is 32.2 Å². The zero-order valence-electron chi connectivity index (χ0n) is 16.0. The lowest BCUT2D eigenvalue weighted by Gasteiger charge is -2.27. The van der Waals surface area contributed by atoms with Gasteiger partial charge in [0.05, 0.1) is 18.9 Å². The second-order valence-electron chi connectivity index (χ2n) is 7.20. The van der Waals surface area contributed by atoms with E-state index in [1.807, 2.05) is 11.8 Å². The van der Waals surface area contributed by atoms with Crippen LogP contribution in [0.15, 0.2) is 4.79 Å². The Kier molecular flexibility index (Phi) is 5.72. The van der Waals surface area contributed by atoms with Crippen molar-refractivity contribution in [2.75, 3.05) is 36.5 Å². The van der Waals surface area contributed by atoms with Crippen molar-refractivity contribution in [1.82, 2.24) is 15.0 Å². The van der Waals surface area contributed by atoms with Gasteiger partial charge in [-0.2, -0.15) is 0 Å².